The molecule has 8 heteroatoms. The quantitative estimate of drug-likeness (QED) is 0.609. The highest BCUT2D eigenvalue weighted by molar-refractivity contribution is 6.30. The summed E-state index contributed by atoms with van der Waals surface area (Å²) in [7, 11) is 3.56. The smallest absolute Gasteiger partial charge is 0.262 e. The molecule has 2 amide bonds. The highest BCUT2D eigenvalue weighted by Gasteiger charge is 2.36. The Kier molecular flexibility index (Phi) is 6.96. The van der Waals surface area contributed by atoms with E-state index in [1.54, 1.807) is 17.0 Å². The number of amides is 2. The second kappa shape index (κ2) is 9.88. The van der Waals surface area contributed by atoms with Crippen molar-refractivity contribution in [2.45, 2.75) is 31.7 Å². The van der Waals surface area contributed by atoms with Gasteiger partial charge in [-0.25, -0.2) is 5.01 Å². The summed E-state index contributed by atoms with van der Waals surface area (Å²) in [5, 5.41) is 6.91. The number of aryl methyl sites for hydroxylation is 1. The van der Waals surface area contributed by atoms with Gasteiger partial charge in [-0.2, -0.15) is 5.10 Å². The van der Waals surface area contributed by atoms with E-state index in [1.807, 2.05) is 54.2 Å². The summed E-state index contributed by atoms with van der Waals surface area (Å²) in [5.74, 6) is -0.138. The van der Waals surface area contributed by atoms with Crippen molar-refractivity contribution >= 4 is 29.1 Å². The first-order chi connectivity index (χ1) is 15.5. The lowest BCUT2D eigenvalue weighted by Gasteiger charge is -2.32. The van der Waals surface area contributed by atoms with Crippen LogP contribution in [-0.4, -0.2) is 58.8 Å². The highest BCUT2D eigenvalue weighted by atomic mass is 35.5. The van der Waals surface area contributed by atoms with Gasteiger partial charge < -0.3 is 14.2 Å². The van der Waals surface area contributed by atoms with Crippen molar-refractivity contribution in [3.05, 3.63) is 58.9 Å². The summed E-state index contributed by atoms with van der Waals surface area (Å²) in [6.45, 7) is 0.780. The van der Waals surface area contributed by atoms with Gasteiger partial charge in [0.05, 0.1) is 24.1 Å². The van der Waals surface area contributed by atoms with Gasteiger partial charge in [0.1, 0.15) is 6.54 Å². The number of hydrogen-bond donors (Lipinski definition) is 0. The van der Waals surface area contributed by atoms with E-state index in [0.29, 0.717) is 24.6 Å². The van der Waals surface area contributed by atoms with Crippen molar-refractivity contribution in [2.75, 3.05) is 26.8 Å². The molecule has 4 rings (SSSR count). The molecule has 170 valence electrons. The van der Waals surface area contributed by atoms with E-state index in [0.717, 1.165) is 36.2 Å². The second-order valence-electron chi connectivity index (χ2n) is 8.44. The van der Waals surface area contributed by atoms with Crippen molar-refractivity contribution in [3.63, 3.8) is 0 Å². The minimum Gasteiger partial charge on any atom is -0.383 e. The Morgan fingerprint density at radius 2 is 1.97 bits per heavy atom. The van der Waals surface area contributed by atoms with Gasteiger partial charge in [-0.3, -0.25) is 9.59 Å². The number of aromatic nitrogens is 1. The number of carbonyl (C=O) groups excluding carboxylic acids is 2. The summed E-state index contributed by atoms with van der Waals surface area (Å²) in [6, 6.07) is 11.2. The van der Waals surface area contributed by atoms with E-state index in [9.17, 15) is 9.59 Å². The molecule has 2 heterocycles. The third kappa shape index (κ3) is 4.74. The normalized spacial score (nSPS) is 18.4. The number of methoxy groups -OCH3 is 1. The van der Waals surface area contributed by atoms with Gasteiger partial charge in [-0.1, -0.05) is 30.2 Å². The molecule has 1 aromatic carbocycles. The molecule has 1 atom stereocenters. The fourth-order valence-electron chi connectivity index (χ4n) is 4.22. The first-order valence-electron chi connectivity index (χ1n) is 11.0. The van der Waals surface area contributed by atoms with Gasteiger partial charge in [-0.15, -0.1) is 0 Å². The molecule has 0 N–H and O–H groups in total. The number of ether oxygens (including phenoxy) is 1. The lowest BCUT2D eigenvalue weighted by molar-refractivity contribution is -0.146. The third-order valence-corrected chi connectivity index (χ3v) is 6.57. The lowest BCUT2D eigenvalue weighted by Crippen LogP contribution is -2.46. The Morgan fingerprint density at radius 1 is 1.22 bits per heavy atom. The maximum Gasteiger partial charge on any atom is 0.262 e. The van der Waals surface area contributed by atoms with Gasteiger partial charge in [0.15, 0.2) is 0 Å². The fraction of sp³-hybridized carbons (Fsp3) is 0.458. The number of benzene rings is 1. The van der Waals surface area contributed by atoms with Crippen molar-refractivity contribution < 1.29 is 14.3 Å². The van der Waals surface area contributed by atoms with Gasteiger partial charge in [0.25, 0.3) is 5.91 Å². The molecule has 2 aromatic rings. The van der Waals surface area contributed by atoms with Crippen LogP contribution in [0.2, 0.25) is 5.02 Å². The molecule has 1 aromatic heterocycles. The third-order valence-electron chi connectivity index (χ3n) is 6.32. The Hall–Kier alpha value is -2.64. The van der Waals surface area contributed by atoms with E-state index < -0.39 is 0 Å². The zero-order valence-corrected chi connectivity index (χ0v) is 19.3. The van der Waals surface area contributed by atoms with Crippen LogP contribution in [0.1, 0.15) is 43.0 Å². The van der Waals surface area contributed by atoms with E-state index in [1.165, 1.54) is 0 Å². The minimum atomic E-state index is -0.243. The number of hydrazone groups is 1. The highest BCUT2D eigenvalue weighted by Crippen LogP contribution is 2.34. The molecular weight excluding hydrogens is 428 g/mol. The number of halogens is 1. The van der Waals surface area contributed by atoms with Crippen LogP contribution in [0.3, 0.4) is 0 Å². The Morgan fingerprint density at radius 3 is 2.56 bits per heavy atom. The van der Waals surface area contributed by atoms with E-state index in [-0.39, 0.29) is 30.3 Å². The lowest BCUT2D eigenvalue weighted by atomic mass is 9.84. The molecule has 1 aliphatic heterocycles. The monoisotopic (exact) mass is 456 g/mol. The van der Waals surface area contributed by atoms with E-state index in [2.05, 4.69) is 0 Å². The molecule has 0 radical (unpaired) electrons. The Balaban J connectivity index is 1.58. The number of hydrogen-bond acceptors (Lipinski definition) is 4. The van der Waals surface area contributed by atoms with Crippen LogP contribution in [0.4, 0.5) is 0 Å². The summed E-state index contributed by atoms with van der Waals surface area (Å²) in [6.07, 6.45) is 5.41. The first kappa shape index (κ1) is 22.6. The van der Waals surface area contributed by atoms with Crippen molar-refractivity contribution in [3.8, 4) is 0 Å². The van der Waals surface area contributed by atoms with E-state index >= 15 is 0 Å². The molecule has 1 saturated carbocycles. The molecule has 0 saturated heterocycles. The van der Waals surface area contributed by atoms with Crippen LogP contribution < -0.4 is 0 Å². The molecule has 1 fully saturated rings. The van der Waals surface area contributed by atoms with Gasteiger partial charge in [-0.05, 0) is 42.7 Å². The zero-order chi connectivity index (χ0) is 22.7. The number of nitrogens with zero attached hydrogens (tertiary/aromatic N) is 4. The second-order valence-corrected chi connectivity index (χ2v) is 8.88. The van der Waals surface area contributed by atoms with Crippen molar-refractivity contribution in [1.29, 1.82) is 0 Å². The van der Waals surface area contributed by atoms with Crippen LogP contribution in [0.25, 0.3) is 0 Å². The predicted octanol–water partition coefficient (Wildman–Crippen LogP) is 3.63. The summed E-state index contributed by atoms with van der Waals surface area (Å²) < 4.78 is 7.18. The standard InChI is InChI=1S/C24H29ClN4O3/c1-27-12-4-7-21(27)20-15-22(17-8-10-19(25)11-9-17)29(26-20)23(30)16-28(13-14-32-2)24(31)18-5-3-6-18/h4,7-12,18,22H,3,5-6,13-16H2,1-2H3/t22-/m0/s1. The van der Waals surface area contributed by atoms with Crippen LogP contribution in [-0.2, 0) is 21.4 Å². The number of rotatable bonds is 8. The van der Waals surface area contributed by atoms with Crippen LogP contribution >= 0.6 is 11.6 Å². The van der Waals surface area contributed by atoms with Crippen LogP contribution in [0, 0.1) is 5.92 Å². The Bertz CT molecular complexity index is 997. The zero-order valence-electron chi connectivity index (χ0n) is 18.5. The summed E-state index contributed by atoms with van der Waals surface area (Å²) >= 11 is 6.08. The molecular formula is C24H29ClN4O3. The largest absolute Gasteiger partial charge is 0.383 e. The minimum absolute atomic E-state index is 0.00724. The average molecular weight is 457 g/mol. The molecule has 2 aliphatic rings. The van der Waals surface area contributed by atoms with Crippen LogP contribution in [0.15, 0.2) is 47.7 Å². The van der Waals surface area contributed by atoms with Crippen LogP contribution in [0.5, 0.6) is 0 Å². The number of carbonyl (C=O) groups is 2. The van der Waals surface area contributed by atoms with Gasteiger partial charge in [0, 0.05) is 44.3 Å². The maximum absolute atomic E-state index is 13.5. The van der Waals surface area contributed by atoms with Gasteiger partial charge >= 0.3 is 0 Å². The first-order valence-corrected chi connectivity index (χ1v) is 11.4. The average Bonchev–Trinajstić information content (AvgIpc) is 3.36. The SMILES string of the molecule is COCCN(CC(=O)N1N=C(c2cccn2C)C[C@H]1c1ccc(Cl)cc1)C(=O)C1CCC1. The van der Waals surface area contributed by atoms with Gasteiger partial charge in [0.2, 0.25) is 5.91 Å². The molecule has 0 spiro atoms. The molecule has 0 unspecified atom stereocenters. The van der Waals surface area contributed by atoms with Crippen molar-refractivity contribution in [1.82, 2.24) is 14.5 Å². The summed E-state index contributed by atoms with van der Waals surface area (Å²) in [5.41, 5.74) is 2.78. The fourth-order valence-corrected chi connectivity index (χ4v) is 4.34. The molecule has 0 bridgehead atoms. The topological polar surface area (TPSA) is 67.1 Å². The maximum atomic E-state index is 13.5. The van der Waals surface area contributed by atoms with Crippen molar-refractivity contribution in [2.24, 2.45) is 18.1 Å². The molecule has 32 heavy (non-hydrogen) atoms. The Labute approximate surface area is 193 Å². The summed E-state index contributed by atoms with van der Waals surface area (Å²) in [4.78, 5) is 28.0. The van der Waals surface area contributed by atoms with E-state index in [4.69, 9.17) is 21.4 Å². The molecule has 7 nitrogen and oxygen atoms in total. The molecule has 1 aliphatic carbocycles. The predicted molar refractivity (Wildman–Crippen MR) is 123 cm³/mol.